The Kier molecular flexibility index (Phi) is 6.23. The summed E-state index contributed by atoms with van der Waals surface area (Å²) < 4.78 is 5.80. The van der Waals surface area contributed by atoms with E-state index in [1.165, 1.54) is 0 Å². The van der Waals surface area contributed by atoms with Crippen LogP contribution in [0.4, 0.5) is 0 Å². The lowest BCUT2D eigenvalue weighted by atomic mass is 9.85. The van der Waals surface area contributed by atoms with Gasteiger partial charge >= 0.3 is 0 Å². The first-order valence-corrected chi connectivity index (χ1v) is 9.29. The maximum atomic E-state index is 10.4. The summed E-state index contributed by atoms with van der Waals surface area (Å²) in [5.74, 6) is 0.268. The zero-order valence-electron chi connectivity index (χ0n) is 17.3. The average Bonchev–Trinajstić information content (AvgIpc) is 2.55. The number of phenols is 2. The molecule has 0 aliphatic rings. The molecule has 4 heteroatoms. The molecule has 2 rings (SSSR count). The molecule has 0 aliphatic heterocycles. The van der Waals surface area contributed by atoms with Crippen LogP contribution in [-0.4, -0.2) is 15.3 Å². The van der Waals surface area contributed by atoms with Gasteiger partial charge in [-0.1, -0.05) is 47.6 Å². The van der Waals surface area contributed by atoms with Gasteiger partial charge in [-0.05, 0) is 46.2 Å². The molecule has 27 heavy (non-hydrogen) atoms. The van der Waals surface area contributed by atoms with E-state index >= 15 is 0 Å². The van der Waals surface area contributed by atoms with Gasteiger partial charge in [-0.25, -0.2) is 0 Å². The second-order valence-electron chi connectivity index (χ2n) is 9.14. The molecule has 0 fully saturated rings. The van der Waals surface area contributed by atoms with Gasteiger partial charge in [0.2, 0.25) is 0 Å². The third-order valence-corrected chi connectivity index (χ3v) is 4.76. The Morgan fingerprint density at radius 3 is 1.81 bits per heavy atom. The van der Waals surface area contributed by atoms with E-state index in [9.17, 15) is 15.3 Å². The van der Waals surface area contributed by atoms with Crippen LogP contribution >= 0.6 is 0 Å². The van der Waals surface area contributed by atoms with Gasteiger partial charge in [0.15, 0.2) is 0 Å². The van der Waals surface area contributed by atoms with Crippen LogP contribution < -0.4 is 0 Å². The van der Waals surface area contributed by atoms with E-state index in [1.54, 1.807) is 6.07 Å². The molecule has 0 bridgehead atoms. The normalized spacial score (nSPS) is 12.4. The standard InChI is InChI=1S/C23H32O4/c1-22(2,3)18-7-8-20(25)16(10-18)13-27-14-17-11-19(23(4,5)6)9-15(12-24)21(17)26/h7-11,24-26H,12-14H2,1-6H3. The molecule has 0 aromatic heterocycles. The van der Waals surface area contributed by atoms with Gasteiger partial charge in [0, 0.05) is 16.7 Å². The zero-order chi connectivity index (χ0) is 20.4. The lowest BCUT2D eigenvalue weighted by Gasteiger charge is -2.22. The van der Waals surface area contributed by atoms with Gasteiger partial charge in [0.25, 0.3) is 0 Å². The fourth-order valence-electron chi connectivity index (χ4n) is 2.86. The Balaban J connectivity index is 2.20. The molecule has 0 aliphatic carbocycles. The van der Waals surface area contributed by atoms with Crippen molar-refractivity contribution >= 4 is 0 Å². The SMILES string of the molecule is CC(C)(C)c1ccc(O)c(COCc2cc(C(C)(C)C)cc(CO)c2O)c1. The number of ether oxygens (including phenoxy) is 1. The van der Waals surface area contributed by atoms with Crippen molar-refractivity contribution in [2.45, 2.75) is 72.2 Å². The Labute approximate surface area is 162 Å². The predicted octanol–water partition coefficient (Wildman–Crippen LogP) is 4.90. The van der Waals surface area contributed by atoms with Gasteiger partial charge < -0.3 is 20.1 Å². The van der Waals surface area contributed by atoms with Gasteiger partial charge in [0.1, 0.15) is 11.5 Å². The molecule has 2 aromatic rings. The summed E-state index contributed by atoms with van der Waals surface area (Å²) in [4.78, 5) is 0. The topological polar surface area (TPSA) is 69.9 Å². The van der Waals surface area contributed by atoms with Crippen molar-refractivity contribution in [3.05, 3.63) is 58.1 Å². The number of phenolic OH excluding ortho intramolecular Hbond substituents is 1. The van der Waals surface area contributed by atoms with Crippen molar-refractivity contribution < 1.29 is 20.1 Å². The molecule has 0 unspecified atom stereocenters. The fourth-order valence-corrected chi connectivity index (χ4v) is 2.86. The predicted molar refractivity (Wildman–Crippen MR) is 108 cm³/mol. The molecule has 0 saturated carbocycles. The van der Waals surface area contributed by atoms with Crippen molar-refractivity contribution in [3.8, 4) is 11.5 Å². The molecule has 0 amide bonds. The molecule has 2 aromatic carbocycles. The molecule has 148 valence electrons. The van der Waals surface area contributed by atoms with Crippen molar-refractivity contribution in [2.24, 2.45) is 0 Å². The quantitative estimate of drug-likeness (QED) is 0.698. The van der Waals surface area contributed by atoms with Crippen LogP contribution in [0.3, 0.4) is 0 Å². The number of aliphatic hydroxyl groups excluding tert-OH is 1. The van der Waals surface area contributed by atoms with Crippen molar-refractivity contribution in [1.29, 1.82) is 0 Å². The first-order chi connectivity index (χ1) is 12.4. The second-order valence-corrected chi connectivity index (χ2v) is 9.14. The molecular weight excluding hydrogens is 340 g/mol. The van der Waals surface area contributed by atoms with Gasteiger partial charge in [-0.2, -0.15) is 0 Å². The highest BCUT2D eigenvalue weighted by Gasteiger charge is 2.19. The zero-order valence-corrected chi connectivity index (χ0v) is 17.3. The number of aromatic hydroxyl groups is 2. The highest BCUT2D eigenvalue weighted by molar-refractivity contribution is 5.45. The van der Waals surface area contributed by atoms with E-state index in [-0.39, 0.29) is 42.1 Å². The van der Waals surface area contributed by atoms with Crippen LogP contribution in [0.5, 0.6) is 11.5 Å². The van der Waals surface area contributed by atoms with Gasteiger partial charge in [-0.3, -0.25) is 0 Å². The molecule has 0 saturated heterocycles. The molecular formula is C23H32O4. The van der Waals surface area contributed by atoms with E-state index in [0.717, 1.165) is 16.7 Å². The van der Waals surface area contributed by atoms with Crippen LogP contribution in [0, 0.1) is 0 Å². The average molecular weight is 373 g/mol. The van der Waals surface area contributed by atoms with Crippen LogP contribution in [0.2, 0.25) is 0 Å². The number of hydrogen-bond donors (Lipinski definition) is 3. The van der Waals surface area contributed by atoms with E-state index in [2.05, 4.69) is 41.5 Å². The third kappa shape index (κ3) is 5.24. The van der Waals surface area contributed by atoms with Crippen molar-refractivity contribution in [3.63, 3.8) is 0 Å². The molecule has 0 heterocycles. The summed E-state index contributed by atoms with van der Waals surface area (Å²) in [7, 11) is 0. The highest BCUT2D eigenvalue weighted by Crippen LogP contribution is 2.32. The monoisotopic (exact) mass is 372 g/mol. The number of aliphatic hydroxyl groups is 1. The largest absolute Gasteiger partial charge is 0.508 e. The maximum Gasteiger partial charge on any atom is 0.126 e. The first kappa shape index (κ1) is 21.3. The molecule has 0 spiro atoms. The summed E-state index contributed by atoms with van der Waals surface area (Å²) in [6.45, 7) is 12.8. The van der Waals surface area contributed by atoms with Crippen LogP contribution in [0.1, 0.15) is 69.4 Å². The van der Waals surface area contributed by atoms with E-state index in [4.69, 9.17) is 4.74 Å². The van der Waals surface area contributed by atoms with E-state index in [0.29, 0.717) is 11.1 Å². The fraction of sp³-hybridized carbons (Fsp3) is 0.478. The minimum absolute atomic E-state index is 0.0161. The summed E-state index contributed by atoms with van der Waals surface area (Å²) in [6, 6.07) is 9.32. The molecule has 0 radical (unpaired) electrons. The number of rotatable bonds is 5. The summed E-state index contributed by atoms with van der Waals surface area (Å²) in [5, 5.41) is 30.1. The van der Waals surface area contributed by atoms with Crippen molar-refractivity contribution in [2.75, 3.05) is 0 Å². The van der Waals surface area contributed by atoms with Crippen molar-refractivity contribution in [1.82, 2.24) is 0 Å². The number of benzene rings is 2. The van der Waals surface area contributed by atoms with Crippen LogP contribution in [-0.2, 0) is 35.4 Å². The minimum Gasteiger partial charge on any atom is -0.508 e. The Hall–Kier alpha value is -2.04. The summed E-state index contributed by atoms with van der Waals surface area (Å²) in [5.41, 5.74) is 3.89. The van der Waals surface area contributed by atoms with Gasteiger partial charge in [0.05, 0.1) is 19.8 Å². The summed E-state index contributed by atoms with van der Waals surface area (Å²) >= 11 is 0. The minimum atomic E-state index is -0.225. The lowest BCUT2D eigenvalue weighted by molar-refractivity contribution is 0.103. The van der Waals surface area contributed by atoms with E-state index in [1.807, 2.05) is 24.3 Å². The molecule has 0 atom stereocenters. The maximum absolute atomic E-state index is 10.4. The summed E-state index contributed by atoms with van der Waals surface area (Å²) in [6.07, 6.45) is 0. The molecule has 4 nitrogen and oxygen atoms in total. The Morgan fingerprint density at radius 1 is 0.741 bits per heavy atom. The van der Waals surface area contributed by atoms with Crippen LogP contribution in [0.25, 0.3) is 0 Å². The van der Waals surface area contributed by atoms with E-state index < -0.39 is 0 Å². The van der Waals surface area contributed by atoms with Gasteiger partial charge in [-0.15, -0.1) is 0 Å². The Bertz CT molecular complexity index is 795. The van der Waals surface area contributed by atoms with Crippen LogP contribution in [0.15, 0.2) is 30.3 Å². The smallest absolute Gasteiger partial charge is 0.126 e. The Morgan fingerprint density at radius 2 is 1.26 bits per heavy atom. The molecule has 3 N–H and O–H groups in total. The first-order valence-electron chi connectivity index (χ1n) is 9.29. The lowest BCUT2D eigenvalue weighted by Crippen LogP contribution is -2.13. The highest BCUT2D eigenvalue weighted by atomic mass is 16.5. The third-order valence-electron chi connectivity index (χ3n) is 4.76. The second kappa shape index (κ2) is 7.91. The number of hydrogen-bond acceptors (Lipinski definition) is 4.